The van der Waals surface area contributed by atoms with Crippen molar-refractivity contribution < 1.29 is 0 Å². The summed E-state index contributed by atoms with van der Waals surface area (Å²) in [5.41, 5.74) is 0. The van der Waals surface area contributed by atoms with Gasteiger partial charge in [-0.3, -0.25) is 0 Å². The van der Waals surface area contributed by atoms with E-state index in [-0.39, 0.29) is 0 Å². The lowest BCUT2D eigenvalue weighted by Gasteiger charge is -2.26. The Morgan fingerprint density at radius 2 is 0.767 bits per heavy atom. The highest BCUT2D eigenvalue weighted by molar-refractivity contribution is 8.25. The molecule has 0 aromatic carbocycles. The zero-order chi connectivity index (χ0) is 22.5. The number of hydrogen-bond acceptors (Lipinski definition) is 4. The van der Waals surface area contributed by atoms with Gasteiger partial charge in [-0.1, -0.05) is 127 Å². The summed E-state index contributed by atoms with van der Waals surface area (Å²) in [6, 6.07) is 0. The molecule has 0 aromatic heterocycles. The number of hydrogen-bond donors (Lipinski definition) is 0. The molecule has 0 aliphatic heterocycles. The van der Waals surface area contributed by atoms with Gasteiger partial charge in [0, 0.05) is 37.7 Å². The molecule has 0 unspecified atom stereocenters. The van der Waals surface area contributed by atoms with Crippen molar-refractivity contribution in [3.05, 3.63) is 0 Å². The Labute approximate surface area is 208 Å². The van der Waals surface area contributed by atoms with Crippen LogP contribution in [0, 0.1) is 0 Å². The SMILES string of the molecule is CCCCCN(CCCCC)C(=S)SCCSC(=S)N(CCCCC)CCCCC. The minimum atomic E-state index is 1.06. The van der Waals surface area contributed by atoms with Crippen LogP contribution < -0.4 is 0 Å². The highest BCUT2D eigenvalue weighted by atomic mass is 32.2. The van der Waals surface area contributed by atoms with Crippen LogP contribution in [0.15, 0.2) is 0 Å². The van der Waals surface area contributed by atoms with E-state index in [0.717, 1.165) is 46.3 Å². The van der Waals surface area contributed by atoms with Crippen molar-refractivity contribution in [3.8, 4) is 0 Å². The molecule has 0 heterocycles. The van der Waals surface area contributed by atoms with E-state index < -0.39 is 0 Å². The Morgan fingerprint density at radius 1 is 0.500 bits per heavy atom. The predicted octanol–water partition coefficient (Wildman–Crippen LogP) is 8.39. The molecule has 0 radical (unpaired) electrons. The minimum Gasteiger partial charge on any atom is -0.358 e. The van der Waals surface area contributed by atoms with Crippen LogP contribution in [0.5, 0.6) is 0 Å². The third kappa shape index (κ3) is 17.1. The highest BCUT2D eigenvalue weighted by Gasteiger charge is 2.12. The molecule has 2 nitrogen and oxygen atoms in total. The van der Waals surface area contributed by atoms with Crippen LogP contribution in [0.25, 0.3) is 0 Å². The van der Waals surface area contributed by atoms with Crippen LogP contribution in [-0.4, -0.2) is 56.1 Å². The van der Waals surface area contributed by atoms with E-state index in [4.69, 9.17) is 24.4 Å². The smallest absolute Gasteiger partial charge is 0.136 e. The molecule has 0 aromatic rings. The van der Waals surface area contributed by atoms with Crippen molar-refractivity contribution in [2.24, 2.45) is 0 Å². The van der Waals surface area contributed by atoms with Gasteiger partial charge in [0.15, 0.2) is 0 Å². The Kier molecular flexibility index (Phi) is 23.0. The zero-order valence-corrected chi connectivity index (χ0v) is 23.5. The summed E-state index contributed by atoms with van der Waals surface area (Å²) in [5.74, 6) is 2.11. The van der Waals surface area contributed by atoms with Gasteiger partial charge in [-0.05, 0) is 25.7 Å². The Morgan fingerprint density at radius 3 is 1.00 bits per heavy atom. The van der Waals surface area contributed by atoms with Crippen LogP contribution >= 0.6 is 48.0 Å². The Bertz CT molecular complexity index is 360. The van der Waals surface area contributed by atoms with Crippen molar-refractivity contribution in [2.75, 3.05) is 37.7 Å². The fourth-order valence-electron chi connectivity index (χ4n) is 3.24. The highest BCUT2D eigenvalue weighted by Crippen LogP contribution is 2.18. The van der Waals surface area contributed by atoms with Gasteiger partial charge in [-0.25, -0.2) is 0 Å². The number of thioether (sulfide) groups is 2. The van der Waals surface area contributed by atoms with Gasteiger partial charge in [-0.15, -0.1) is 0 Å². The second-order valence-corrected chi connectivity index (χ2v) is 11.5. The molecule has 0 aliphatic rings. The van der Waals surface area contributed by atoms with E-state index in [1.165, 1.54) is 77.0 Å². The molecule has 0 spiro atoms. The normalized spacial score (nSPS) is 10.9. The molecular weight excluding hydrogens is 445 g/mol. The first-order chi connectivity index (χ1) is 14.6. The van der Waals surface area contributed by atoms with Gasteiger partial charge >= 0.3 is 0 Å². The molecule has 0 saturated heterocycles. The van der Waals surface area contributed by atoms with Crippen molar-refractivity contribution >= 4 is 56.6 Å². The molecule has 0 rings (SSSR count). The maximum atomic E-state index is 5.78. The number of rotatable bonds is 19. The van der Waals surface area contributed by atoms with E-state index in [1.807, 2.05) is 23.5 Å². The van der Waals surface area contributed by atoms with Gasteiger partial charge in [0.2, 0.25) is 0 Å². The van der Waals surface area contributed by atoms with E-state index >= 15 is 0 Å². The third-order valence-electron chi connectivity index (χ3n) is 5.18. The van der Waals surface area contributed by atoms with E-state index in [0.29, 0.717) is 0 Å². The Balaban J connectivity index is 4.33. The lowest BCUT2D eigenvalue weighted by atomic mass is 10.2. The number of unbranched alkanes of at least 4 members (excludes halogenated alkanes) is 8. The Hall–Kier alpha value is 0.480. The molecule has 0 N–H and O–H groups in total. The van der Waals surface area contributed by atoms with Crippen molar-refractivity contribution in [2.45, 2.75) is 105 Å². The zero-order valence-electron chi connectivity index (χ0n) is 20.3. The van der Waals surface area contributed by atoms with E-state index in [1.54, 1.807) is 0 Å². The monoisotopic (exact) mass is 492 g/mol. The van der Waals surface area contributed by atoms with Gasteiger partial charge in [0.05, 0.1) is 0 Å². The second kappa shape index (κ2) is 22.7. The van der Waals surface area contributed by atoms with Crippen LogP contribution in [0.4, 0.5) is 0 Å². The standard InChI is InChI=1S/C24H48N2S4/c1-5-9-13-17-25(18-14-10-6-2)23(27)29-21-22-30-24(28)26(19-15-11-7-3)20-16-12-8-4/h5-22H2,1-4H3. The second-order valence-electron chi connectivity index (χ2n) is 8.03. The molecule has 0 amide bonds. The summed E-state index contributed by atoms with van der Waals surface area (Å²) >= 11 is 15.3. The maximum absolute atomic E-state index is 5.78. The fourth-order valence-corrected chi connectivity index (χ4v) is 5.85. The lowest BCUT2D eigenvalue weighted by molar-refractivity contribution is 0.402. The van der Waals surface area contributed by atoms with Crippen molar-refractivity contribution in [1.29, 1.82) is 0 Å². The van der Waals surface area contributed by atoms with Crippen LogP contribution in [0.2, 0.25) is 0 Å². The van der Waals surface area contributed by atoms with Crippen molar-refractivity contribution in [1.82, 2.24) is 9.80 Å². The predicted molar refractivity (Wildman–Crippen MR) is 151 cm³/mol. The molecule has 0 bridgehead atoms. The first-order valence-electron chi connectivity index (χ1n) is 12.4. The summed E-state index contributed by atoms with van der Waals surface area (Å²) < 4.78 is 2.19. The van der Waals surface area contributed by atoms with Crippen LogP contribution in [0.3, 0.4) is 0 Å². The lowest BCUT2D eigenvalue weighted by Crippen LogP contribution is -2.31. The topological polar surface area (TPSA) is 6.48 Å². The number of nitrogens with zero attached hydrogens (tertiary/aromatic N) is 2. The molecule has 30 heavy (non-hydrogen) atoms. The van der Waals surface area contributed by atoms with Gasteiger partial charge in [-0.2, -0.15) is 0 Å². The summed E-state index contributed by atoms with van der Waals surface area (Å²) in [6.45, 7) is 13.6. The molecular formula is C24H48N2S4. The van der Waals surface area contributed by atoms with Crippen LogP contribution in [-0.2, 0) is 0 Å². The average molecular weight is 493 g/mol. The maximum Gasteiger partial charge on any atom is 0.136 e. The molecule has 0 fully saturated rings. The summed E-state index contributed by atoms with van der Waals surface area (Å²) in [6.07, 6.45) is 15.3. The van der Waals surface area contributed by atoms with Gasteiger partial charge < -0.3 is 9.80 Å². The van der Waals surface area contributed by atoms with Crippen molar-refractivity contribution in [3.63, 3.8) is 0 Å². The number of thiocarbonyl (C=S) groups is 2. The molecule has 0 atom stereocenters. The van der Waals surface area contributed by atoms with Gasteiger partial charge in [0.25, 0.3) is 0 Å². The first-order valence-corrected chi connectivity index (χ1v) is 15.2. The van der Waals surface area contributed by atoms with E-state index in [2.05, 4.69) is 37.5 Å². The molecule has 178 valence electrons. The minimum absolute atomic E-state index is 1.06. The summed E-state index contributed by atoms with van der Waals surface area (Å²) in [7, 11) is 0. The van der Waals surface area contributed by atoms with E-state index in [9.17, 15) is 0 Å². The third-order valence-corrected chi connectivity index (χ3v) is 8.49. The molecule has 6 heteroatoms. The summed E-state index contributed by atoms with van der Waals surface area (Å²) in [5, 5.41) is 0. The fraction of sp³-hybridized carbons (Fsp3) is 0.917. The first kappa shape index (κ1) is 30.5. The average Bonchev–Trinajstić information content (AvgIpc) is 2.74. The van der Waals surface area contributed by atoms with Crippen LogP contribution in [0.1, 0.15) is 105 Å². The summed E-state index contributed by atoms with van der Waals surface area (Å²) in [4.78, 5) is 4.91. The largest absolute Gasteiger partial charge is 0.358 e. The molecule has 0 saturated carbocycles. The molecule has 0 aliphatic carbocycles. The quantitative estimate of drug-likeness (QED) is 0.131. The van der Waals surface area contributed by atoms with Gasteiger partial charge in [0.1, 0.15) is 8.64 Å².